The molecule has 1 atom stereocenters. The van der Waals surface area contributed by atoms with Crippen LogP contribution in [-0.4, -0.2) is 18.0 Å². The Morgan fingerprint density at radius 3 is 2.25 bits per heavy atom. The molecule has 2 rings (SSSR count). The highest BCUT2D eigenvalue weighted by Crippen LogP contribution is 2.22. The van der Waals surface area contributed by atoms with Gasteiger partial charge in [-0.1, -0.05) is 23.2 Å². The van der Waals surface area contributed by atoms with Crippen molar-refractivity contribution in [2.75, 3.05) is 5.32 Å². The number of rotatable bonds is 4. The number of benzene rings is 2. The molecule has 0 unspecified atom stereocenters. The lowest BCUT2D eigenvalue weighted by Crippen LogP contribution is -2.30. The fourth-order valence-electron chi connectivity index (χ4n) is 1.83. The van der Waals surface area contributed by atoms with Crippen LogP contribution in [0.2, 0.25) is 10.0 Å². The van der Waals surface area contributed by atoms with Gasteiger partial charge in [-0.3, -0.25) is 4.79 Å². The molecule has 1 N–H and O–H groups in total. The Hall–Kier alpha value is -2.55. The van der Waals surface area contributed by atoms with Gasteiger partial charge >= 0.3 is 5.97 Å². The van der Waals surface area contributed by atoms with Gasteiger partial charge in [-0.25, -0.2) is 4.79 Å². The minimum Gasteiger partial charge on any atom is -0.449 e. The molecule has 2 aromatic rings. The first-order valence-electron chi connectivity index (χ1n) is 6.87. The van der Waals surface area contributed by atoms with Crippen LogP contribution in [0, 0.1) is 11.3 Å². The number of amides is 1. The summed E-state index contributed by atoms with van der Waals surface area (Å²) in [4.78, 5) is 24.1. The number of halogens is 2. The number of nitrogens with zero attached hydrogens (tertiary/aromatic N) is 1. The van der Waals surface area contributed by atoms with E-state index in [0.29, 0.717) is 21.3 Å². The maximum atomic E-state index is 12.1. The molecule has 0 aromatic heterocycles. The van der Waals surface area contributed by atoms with Gasteiger partial charge < -0.3 is 10.1 Å². The number of nitriles is 1. The minimum absolute atomic E-state index is 0.249. The monoisotopic (exact) mass is 362 g/mol. The van der Waals surface area contributed by atoms with Gasteiger partial charge in [0, 0.05) is 15.7 Å². The number of esters is 1. The topological polar surface area (TPSA) is 79.2 Å². The first kappa shape index (κ1) is 17.8. The van der Waals surface area contributed by atoms with E-state index in [9.17, 15) is 9.59 Å². The van der Waals surface area contributed by atoms with Crippen molar-refractivity contribution in [3.8, 4) is 6.07 Å². The third-order valence-corrected chi connectivity index (χ3v) is 3.47. The molecule has 2 aromatic carbocycles. The van der Waals surface area contributed by atoms with Gasteiger partial charge in [-0.15, -0.1) is 0 Å². The summed E-state index contributed by atoms with van der Waals surface area (Å²) in [5, 5.41) is 12.0. The summed E-state index contributed by atoms with van der Waals surface area (Å²) in [6, 6.07) is 12.5. The first-order chi connectivity index (χ1) is 11.4. The number of anilines is 1. The lowest BCUT2D eigenvalue weighted by Gasteiger charge is -2.14. The highest BCUT2D eigenvalue weighted by Gasteiger charge is 2.19. The smallest absolute Gasteiger partial charge is 0.338 e. The summed E-state index contributed by atoms with van der Waals surface area (Å²) in [5.74, 6) is -1.18. The quantitative estimate of drug-likeness (QED) is 0.832. The van der Waals surface area contributed by atoms with Gasteiger partial charge in [-0.2, -0.15) is 5.26 Å². The van der Waals surface area contributed by atoms with Crippen molar-refractivity contribution in [3.05, 3.63) is 63.6 Å². The molecule has 1 amide bonds. The number of hydrogen-bond acceptors (Lipinski definition) is 4. The van der Waals surface area contributed by atoms with E-state index in [1.165, 1.54) is 49.4 Å². The van der Waals surface area contributed by atoms with Crippen LogP contribution in [0.15, 0.2) is 42.5 Å². The van der Waals surface area contributed by atoms with Crippen LogP contribution < -0.4 is 5.32 Å². The van der Waals surface area contributed by atoms with Gasteiger partial charge in [0.2, 0.25) is 0 Å². The third-order valence-electron chi connectivity index (χ3n) is 3.03. The maximum absolute atomic E-state index is 12.1. The number of carbonyl (C=O) groups excluding carboxylic acids is 2. The summed E-state index contributed by atoms with van der Waals surface area (Å²) in [6.07, 6.45) is -1.02. The normalized spacial score (nSPS) is 11.2. The summed E-state index contributed by atoms with van der Waals surface area (Å²) in [5.41, 5.74) is 1.08. The molecule has 0 heterocycles. The lowest BCUT2D eigenvalue weighted by atomic mass is 10.1. The second-order valence-corrected chi connectivity index (χ2v) is 5.76. The predicted molar refractivity (Wildman–Crippen MR) is 91.1 cm³/mol. The average Bonchev–Trinajstić information content (AvgIpc) is 2.53. The van der Waals surface area contributed by atoms with Crippen LogP contribution in [0.25, 0.3) is 0 Å². The van der Waals surface area contributed by atoms with Crippen LogP contribution >= 0.6 is 23.2 Å². The van der Waals surface area contributed by atoms with E-state index in [1.807, 2.05) is 6.07 Å². The molecular weight excluding hydrogens is 351 g/mol. The second-order valence-electron chi connectivity index (χ2n) is 4.88. The Kier molecular flexibility index (Phi) is 5.80. The summed E-state index contributed by atoms with van der Waals surface area (Å²) in [6.45, 7) is 1.45. The van der Waals surface area contributed by atoms with Crippen LogP contribution in [0.4, 0.5) is 5.69 Å². The zero-order valence-corrected chi connectivity index (χ0v) is 14.1. The molecule has 0 aliphatic carbocycles. The largest absolute Gasteiger partial charge is 0.449 e. The summed E-state index contributed by atoms with van der Waals surface area (Å²) >= 11 is 11.7. The van der Waals surface area contributed by atoms with Crippen molar-refractivity contribution in [1.82, 2.24) is 0 Å². The van der Waals surface area contributed by atoms with E-state index in [2.05, 4.69) is 5.32 Å². The zero-order valence-electron chi connectivity index (χ0n) is 12.5. The Labute approximate surface area is 148 Å². The molecule has 122 valence electrons. The second kappa shape index (κ2) is 7.82. The lowest BCUT2D eigenvalue weighted by molar-refractivity contribution is -0.123. The highest BCUT2D eigenvalue weighted by molar-refractivity contribution is 6.35. The Balaban J connectivity index is 2.00. The van der Waals surface area contributed by atoms with Gasteiger partial charge in [0.1, 0.15) is 0 Å². The van der Waals surface area contributed by atoms with Crippen LogP contribution in [-0.2, 0) is 9.53 Å². The molecule has 0 fully saturated rings. The van der Waals surface area contributed by atoms with Gasteiger partial charge in [0.15, 0.2) is 6.10 Å². The highest BCUT2D eigenvalue weighted by atomic mass is 35.5. The van der Waals surface area contributed by atoms with Gasteiger partial charge in [0.25, 0.3) is 5.91 Å². The number of hydrogen-bond donors (Lipinski definition) is 1. The molecule has 5 nitrogen and oxygen atoms in total. The van der Waals surface area contributed by atoms with Crippen molar-refractivity contribution in [1.29, 1.82) is 5.26 Å². The van der Waals surface area contributed by atoms with Crippen molar-refractivity contribution in [3.63, 3.8) is 0 Å². The molecule has 7 heteroatoms. The number of carbonyl (C=O) groups is 2. The molecule has 24 heavy (non-hydrogen) atoms. The van der Waals surface area contributed by atoms with Gasteiger partial charge in [0.05, 0.1) is 17.2 Å². The SMILES string of the molecule is C[C@H](OC(=O)c1ccc(C#N)cc1)C(=O)Nc1cc(Cl)cc(Cl)c1. The molecule has 0 aliphatic heterocycles. The van der Waals surface area contributed by atoms with E-state index < -0.39 is 18.0 Å². The molecule has 0 saturated carbocycles. The number of ether oxygens (including phenoxy) is 1. The number of nitrogens with one attached hydrogen (secondary N) is 1. The predicted octanol–water partition coefficient (Wildman–Crippen LogP) is 4.05. The van der Waals surface area contributed by atoms with E-state index in [-0.39, 0.29) is 5.56 Å². The molecule has 0 aliphatic rings. The average molecular weight is 363 g/mol. The minimum atomic E-state index is -1.02. The zero-order chi connectivity index (χ0) is 17.7. The van der Waals surface area contributed by atoms with E-state index in [1.54, 1.807) is 0 Å². The molecule has 0 radical (unpaired) electrons. The fraction of sp³-hybridized carbons (Fsp3) is 0.118. The van der Waals surface area contributed by atoms with Crippen LogP contribution in [0.5, 0.6) is 0 Å². The molecule has 0 spiro atoms. The van der Waals surface area contributed by atoms with E-state index in [4.69, 9.17) is 33.2 Å². The van der Waals surface area contributed by atoms with Crippen LogP contribution in [0.1, 0.15) is 22.8 Å². The summed E-state index contributed by atoms with van der Waals surface area (Å²) in [7, 11) is 0. The molecular formula is C17H12Cl2N2O3. The fourth-order valence-corrected chi connectivity index (χ4v) is 2.36. The van der Waals surface area contributed by atoms with Crippen molar-refractivity contribution in [2.24, 2.45) is 0 Å². The maximum Gasteiger partial charge on any atom is 0.338 e. The van der Waals surface area contributed by atoms with E-state index >= 15 is 0 Å². The first-order valence-corrected chi connectivity index (χ1v) is 7.63. The Morgan fingerprint density at radius 1 is 1.12 bits per heavy atom. The molecule has 0 bridgehead atoms. The Bertz CT molecular complexity index is 793. The standard InChI is InChI=1S/C17H12Cl2N2O3/c1-10(16(22)21-15-7-13(18)6-14(19)8-15)24-17(23)12-4-2-11(9-20)3-5-12/h2-8,10H,1H3,(H,21,22)/t10-/m0/s1. The van der Waals surface area contributed by atoms with Crippen molar-refractivity contribution >= 4 is 40.8 Å². The van der Waals surface area contributed by atoms with Gasteiger partial charge in [-0.05, 0) is 49.4 Å². The molecule has 0 saturated heterocycles. The van der Waals surface area contributed by atoms with Crippen molar-refractivity contribution < 1.29 is 14.3 Å². The van der Waals surface area contributed by atoms with Crippen molar-refractivity contribution in [2.45, 2.75) is 13.0 Å². The van der Waals surface area contributed by atoms with E-state index in [0.717, 1.165) is 0 Å². The Morgan fingerprint density at radius 2 is 1.71 bits per heavy atom. The summed E-state index contributed by atoms with van der Waals surface area (Å²) < 4.78 is 5.10. The third kappa shape index (κ3) is 4.72. The van der Waals surface area contributed by atoms with Crippen LogP contribution in [0.3, 0.4) is 0 Å².